The maximum atomic E-state index is 13.2. The van der Waals surface area contributed by atoms with Crippen molar-refractivity contribution in [3.05, 3.63) is 52.0 Å². The molecule has 2 heterocycles. The molecule has 0 bridgehead atoms. The zero-order valence-electron chi connectivity index (χ0n) is 13.6. The Labute approximate surface area is 141 Å². The number of hydrogen-bond donors (Lipinski definition) is 0. The van der Waals surface area contributed by atoms with Gasteiger partial charge in [-0.05, 0) is 30.5 Å². The molecule has 5 nitrogen and oxygen atoms in total. The Bertz CT molecular complexity index is 803. The third kappa shape index (κ3) is 3.76. The molecule has 3 rings (SSSR count). The van der Waals surface area contributed by atoms with Gasteiger partial charge in [0.1, 0.15) is 5.82 Å². The highest BCUT2D eigenvalue weighted by molar-refractivity contribution is 5.16. The monoisotopic (exact) mass is 358 g/mol. The van der Waals surface area contributed by atoms with Crippen LogP contribution in [0.3, 0.4) is 0 Å². The van der Waals surface area contributed by atoms with Crippen LogP contribution in [-0.4, -0.2) is 32.3 Å². The molecule has 0 atom stereocenters. The molecule has 1 saturated heterocycles. The van der Waals surface area contributed by atoms with Crippen LogP contribution in [0.1, 0.15) is 30.3 Å². The van der Waals surface area contributed by atoms with E-state index < -0.39 is 17.7 Å². The zero-order chi connectivity index (χ0) is 18.2. The van der Waals surface area contributed by atoms with E-state index in [9.17, 15) is 22.4 Å². The topological polar surface area (TPSA) is 43.1 Å². The summed E-state index contributed by atoms with van der Waals surface area (Å²) in [5, 5.41) is 3.50. The molecule has 0 saturated carbocycles. The fourth-order valence-corrected chi connectivity index (χ4v) is 3.16. The van der Waals surface area contributed by atoms with E-state index in [4.69, 9.17) is 0 Å². The minimum Gasteiger partial charge on any atom is -0.299 e. The molecule has 0 aliphatic carbocycles. The van der Waals surface area contributed by atoms with Crippen molar-refractivity contribution in [3.63, 3.8) is 0 Å². The lowest BCUT2D eigenvalue weighted by molar-refractivity contribution is -0.147. The number of nitrogens with zero attached hydrogens (tertiary/aromatic N) is 4. The van der Waals surface area contributed by atoms with Crippen molar-refractivity contribution in [2.75, 3.05) is 13.1 Å². The highest BCUT2D eigenvalue weighted by Gasteiger charge is 2.39. The standard InChI is InChI=1S/C16H18F4N4O/c1-22-14(16(18,19)20)21-24(15(22)25)13-5-7-23(8-6-13)10-11-3-2-4-12(17)9-11/h2-4,9,13H,5-8,10H2,1H3. The zero-order valence-corrected chi connectivity index (χ0v) is 13.6. The van der Waals surface area contributed by atoms with E-state index in [1.165, 1.54) is 12.1 Å². The Morgan fingerprint density at radius 1 is 1.24 bits per heavy atom. The average molecular weight is 358 g/mol. The number of hydrogen-bond acceptors (Lipinski definition) is 3. The minimum atomic E-state index is -4.66. The molecule has 0 N–H and O–H groups in total. The van der Waals surface area contributed by atoms with Crippen molar-refractivity contribution in [1.29, 1.82) is 0 Å². The predicted octanol–water partition coefficient (Wildman–Crippen LogP) is 2.58. The van der Waals surface area contributed by atoms with Crippen molar-refractivity contribution in [1.82, 2.24) is 19.2 Å². The molecular formula is C16H18F4N4O. The highest BCUT2D eigenvalue weighted by Crippen LogP contribution is 2.28. The van der Waals surface area contributed by atoms with E-state index in [-0.39, 0.29) is 11.9 Å². The number of benzene rings is 1. The number of alkyl halides is 3. The van der Waals surface area contributed by atoms with Gasteiger partial charge in [-0.1, -0.05) is 12.1 Å². The molecule has 1 aliphatic heterocycles. The van der Waals surface area contributed by atoms with Gasteiger partial charge in [0.25, 0.3) is 0 Å². The summed E-state index contributed by atoms with van der Waals surface area (Å²) in [4.78, 5) is 14.1. The van der Waals surface area contributed by atoms with Crippen LogP contribution in [0.4, 0.5) is 17.6 Å². The van der Waals surface area contributed by atoms with E-state index in [0.29, 0.717) is 37.0 Å². The molecule has 2 aromatic rings. The first-order valence-corrected chi connectivity index (χ1v) is 7.95. The largest absolute Gasteiger partial charge is 0.451 e. The van der Waals surface area contributed by atoms with E-state index in [0.717, 1.165) is 17.3 Å². The third-order valence-electron chi connectivity index (χ3n) is 4.45. The molecule has 25 heavy (non-hydrogen) atoms. The fourth-order valence-electron chi connectivity index (χ4n) is 3.16. The lowest BCUT2D eigenvalue weighted by Crippen LogP contribution is -2.37. The van der Waals surface area contributed by atoms with Crippen molar-refractivity contribution in [2.45, 2.75) is 31.6 Å². The maximum Gasteiger partial charge on any atom is 0.451 e. The second kappa shape index (κ2) is 6.62. The Morgan fingerprint density at radius 2 is 1.92 bits per heavy atom. The molecular weight excluding hydrogens is 340 g/mol. The van der Waals surface area contributed by atoms with Crippen molar-refractivity contribution < 1.29 is 17.6 Å². The van der Waals surface area contributed by atoms with Crippen LogP contribution in [0, 0.1) is 5.82 Å². The second-order valence-electron chi connectivity index (χ2n) is 6.24. The van der Waals surface area contributed by atoms with Crippen molar-refractivity contribution in [3.8, 4) is 0 Å². The smallest absolute Gasteiger partial charge is 0.299 e. The fraction of sp³-hybridized carbons (Fsp3) is 0.500. The van der Waals surface area contributed by atoms with E-state index in [2.05, 4.69) is 10.00 Å². The maximum absolute atomic E-state index is 13.2. The quantitative estimate of drug-likeness (QED) is 0.792. The summed E-state index contributed by atoms with van der Waals surface area (Å²) >= 11 is 0. The summed E-state index contributed by atoms with van der Waals surface area (Å²) in [6.07, 6.45) is -3.62. The summed E-state index contributed by atoms with van der Waals surface area (Å²) in [7, 11) is 1.08. The molecule has 136 valence electrons. The first-order valence-electron chi connectivity index (χ1n) is 7.95. The molecule has 0 amide bonds. The van der Waals surface area contributed by atoms with Gasteiger partial charge in [0, 0.05) is 26.7 Å². The summed E-state index contributed by atoms with van der Waals surface area (Å²) in [5.41, 5.74) is 0.0868. The highest BCUT2D eigenvalue weighted by atomic mass is 19.4. The lowest BCUT2D eigenvalue weighted by Gasteiger charge is -2.31. The summed E-state index contributed by atoms with van der Waals surface area (Å²) < 4.78 is 53.3. The van der Waals surface area contributed by atoms with Gasteiger partial charge < -0.3 is 0 Å². The first-order chi connectivity index (χ1) is 11.8. The molecule has 9 heteroatoms. The van der Waals surface area contributed by atoms with Gasteiger partial charge in [-0.3, -0.25) is 9.47 Å². The van der Waals surface area contributed by atoms with Crippen LogP contribution in [0.5, 0.6) is 0 Å². The van der Waals surface area contributed by atoms with E-state index >= 15 is 0 Å². The average Bonchev–Trinajstić information content (AvgIpc) is 2.84. The van der Waals surface area contributed by atoms with Crippen molar-refractivity contribution in [2.24, 2.45) is 7.05 Å². The molecule has 0 spiro atoms. The van der Waals surface area contributed by atoms with Crippen molar-refractivity contribution >= 4 is 0 Å². The van der Waals surface area contributed by atoms with Crippen LogP contribution in [0.2, 0.25) is 0 Å². The molecule has 1 aliphatic rings. The van der Waals surface area contributed by atoms with Gasteiger partial charge in [-0.15, -0.1) is 5.10 Å². The van der Waals surface area contributed by atoms with Crippen LogP contribution in [-0.2, 0) is 19.8 Å². The molecule has 1 aromatic heterocycles. The number of likely N-dealkylation sites (tertiary alicyclic amines) is 1. The molecule has 0 unspecified atom stereocenters. The first kappa shape index (κ1) is 17.7. The summed E-state index contributed by atoms with van der Waals surface area (Å²) in [6, 6.07) is 5.95. The predicted molar refractivity (Wildman–Crippen MR) is 82.4 cm³/mol. The Kier molecular flexibility index (Phi) is 4.68. The van der Waals surface area contributed by atoms with Crippen LogP contribution >= 0.6 is 0 Å². The number of rotatable bonds is 3. The van der Waals surface area contributed by atoms with Gasteiger partial charge >= 0.3 is 11.9 Å². The molecule has 0 radical (unpaired) electrons. The van der Waals surface area contributed by atoms with Gasteiger partial charge in [0.2, 0.25) is 5.82 Å². The normalized spacial score (nSPS) is 17.2. The Balaban J connectivity index is 1.68. The Morgan fingerprint density at radius 3 is 2.48 bits per heavy atom. The Hall–Kier alpha value is -2.16. The SMILES string of the molecule is Cn1c(C(F)(F)F)nn(C2CCN(Cc3cccc(F)c3)CC2)c1=O. The summed E-state index contributed by atoms with van der Waals surface area (Å²) in [5.74, 6) is -1.48. The molecule has 1 fully saturated rings. The van der Waals surface area contributed by atoms with Gasteiger partial charge in [-0.2, -0.15) is 13.2 Å². The van der Waals surface area contributed by atoms with Crippen LogP contribution in [0.15, 0.2) is 29.1 Å². The van der Waals surface area contributed by atoms with Crippen LogP contribution < -0.4 is 5.69 Å². The minimum absolute atomic E-state index is 0.299. The number of piperidine rings is 1. The third-order valence-corrected chi connectivity index (χ3v) is 4.45. The van der Waals surface area contributed by atoms with E-state index in [1.54, 1.807) is 6.07 Å². The van der Waals surface area contributed by atoms with Crippen LogP contribution in [0.25, 0.3) is 0 Å². The summed E-state index contributed by atoms with van der Waals surface area (Å²) in [6.45, 7) is 1.77. The van der Waals surface area contributed by atoms with Gasteiger partial charge in [0.15, 0.2) is 0 Å². The second-order valence-corrected chi connectivity index (χ2v) is 6.24. The molecule has 1 aromatic carbocycles. The number of halogens is 4. The van der Waals surface area contributed by atoms with Gasteiger partial charge in [-0.25, -0.2) is 13.9 Å². The van der Waals surface area contributed by atoms with Gasteiger partial charge in [0.05, 0.1) is 6.04 Å². The number of aromatic nitrogens is 3. The van der Waals surface area contributed by atoms with E-state index in [1.807, 2.05) is 6.07 Å². The lowest BCUT2D eigenvalue weighted by atomic mass is 10.0.